The van der Waals surface area contributed by atoms with Crippen LogP contribution in [-0.2, 0) is 9.59 Å². The van der Waals surface area contributed by atoms with Crippen LogP contribution in [-0.4, -0.2) is 30.7 Å². The van der Waals surface area contributed by atoms with Crippen LogP contribution in [0, 0.1) is 0 Å². The molecule has 1 heterocycles. The highest BCUT2D eigenvalue weighted by Crippen LogP contribution is 2.18. The van der Waals surface area contributed by atoms with Gasteiger partial charge in [-0.2, -0.15) is 0 Å². The fourth-order valence-corrected chi connectivity index (χ4v) is 1.96. The van der Waals surface area contributed by atoms with E-state index in [0.29, 0.717) is 5.70 Å². The molecule has 1 amide bonds. The molecule has 0 bridgehead atoms. The van der Waals surface area contributed by atoms with Gasteiger partial charge < -0.3 is 10.2 Å². The maximum atomic E-state index is 12.1. The van der Waals surface area contributed by atoms with Crippen LogP contribution >= 0.6 is 15.9 Å². The van der Waals surface area contributed by atoms with Crippen molar-refractivity contribution in [2.75, 3.05) is 14.1 Å². The SMILES string of the molecule is CN(C)/C=C1/C(=O)N/C(=C\c2ccc(Br)cc2)C1=O. The van der Waals surface area contributed by atoms with E-state index in [4.69, 9.17) is 0 Å². The summed E-state index contributed by atoms with van der Waals surface area (Å²) in [5, 5.41) is 2.59. The summed E-state index contributed by atoms with van der Waals surface area (Å²) >= 11 is 3.34. The lowest BCUT2D eigenvalue weighted by Gasteiger charge is -2.03. The number of hydrogen-bond acceptors (Lipinski definition) is 3. The second-order valence-electron chi connectivity index (χ2n) is 4.40. The number of hydrogen-bond donors (Lipinski definition) is 1. The van der Waals surface area contributed by atoms with E-state index in [2.05, 4.69) is 21.2 Å². The summed E-state index contributed by atoms with van der Waals surface area (Å²) in [4.78, 5) is 25.4. The zero-order valence-corrected chi connectivity index (χ0v) is 12.2. The quantitative estimate of drug-likeness (QED) is 0.669. The van der Waals surface area contributed by atoms with Gasteiger partial charge in [0.15, 0.2) is 0 Å². The normalized spacial score (nSPS) is 19.1. The number of benzene rings is 1. The van der Waals surface area contributed by atoms with Crippen LogP contribution < -0.4 is 5.32 Å². The van der Waals surface area contributed by atoms with E-state index in [1.807, 2.05) is 24.3 Å². The van der Waals surface area contributed by atoms with Gasteiger partial charge in [-0.05, 0) is 23.8 Å². The maximum Gasteiger partial charge on any atom is 0.261 e. The Morgan fingerprint density at radius 3 is 2.37 bits per heavy atom. The minimum absolute atomic E-state index is 0.161. The number of nitrogens with one attached hydrogen (secondary N) is 1. The van der Waals surface area contributed by atoms with Gasteiger partial charge in [-0.1, -0.05) is 28.1 Å². The Balaban J connectivity index is 2.31. The van der Waals surface area contributed by atoms with Gasteiger partial charge in [0.2, 0.25) is 5.78 Å². The molecule has 1 fully saturated rings. The predicted octanol–water partition coefficient (Wildman–Crippen LogP) is 1.93. The fourth-order valence-electron chi connectivity index (χ4n) is 1.70. The molecule has 1 aromatic rings. The predicted molar refractivity (Wildman–Crippen MR) is 77.0 cm³/mol. The molecule has 0 radical (unpaired) electrons. The molecule has 1 N–H and O–H groups in total. The Hall–Kier alpha value is -1.88. The molecule has 19 heavy (non-hydrogen) atoms. The van der Waals surface area contributed by atoms with Crippen molar-refractivity contribution in [2.45, 2.75) is 0 Å². The first-order valence-electron chi connectivity index (χ1n) is 5.69. The van der Waals surface area contributed by atoms with Gasteiger partial charge in [-0.25, -0.2) is 0 Å². The van der Waals surface area contributed by atoms with Gasteiger partial charge in [-0.3, -0.25) is 9.59 Å². The lowest BCUT2D eigenvalue weighted by Crippen LogP contribution is -2.14. The van der Waals surface area contributed by atoms with Crippen molar-refractivity contribution in [1.82, 2.24) is 10.2 Å². The van der Waals surface area contributed by atoms with E-state index >= 15 is 0 Å². The molecular weight excluding hydrogens is 308 g/mol. The highest BCUT2D eigenvalue weighted by Gasteiger charge is 2.31. The highest BCUT2D eigenvalue weighted by molar-refractivity contribution is 9.10. The zero-order valence-electron chi connectivity index (χ0n) is 10.6. The lowest BCUT2D eigenvalue weighted by atomic mass is 10.1. The van der Waals surface area contributed by atoms with Gasteiger partial charge in [0, 0.05) is 24.8 Å². The summed E-state index contributed by atoms with van der Waals surface area (Å²) in [7, 11) is 3.54. The number of rotatable bonds is 2. The first-order chi connectivity index (χ1) is 8.97. The van der Waals surface area contributed by atoms with Crippen LogP contribution in [0.1, 0.15) is 5.56 Å². The van der Waals surface area contributed by atoms with Crippen LogP contribution in [0.3, 0.4) is 0 Å². The van der Waals surface area contributed by atoms with Crippen LogP contribution in [0.5, 0.6) is 0 Å². The number of halogens is 1. The van der Waals surface area contributed by atoms with Crippen LogP contribution in [0.4, 0.5) is 0 Å². The third-order valence-electron chi connectivity index (χ3n) is 2.55. The van der Waals surface area contributed by atoms with E-state index in [0.717, 1.165) is 10.0 Å². The number of carbonyl (C=O) groups excluding carboxylic acids is 2. The molecule has 1 aliphatic heterocycles. The molecular formula is C14H13BrN2O2. The highest BCUT2D eigenvalue weighted by atomic mass is 79.9. The van der Waals surface area contributed by atoms with E-state index in [-0.39, 0.29) is 17.3 Å². The summed E-state index contributed by atoms with van der Waals surface area (Å²) in [6.45, 7) is 0. The molecule has 1 saturated heterocycles. The largest absolute Gasteiger partial charge is 0.383 e. The number of allylic oxidation sites excluding steroid dienone is 1. The molecule has 98 valence electrons. The Bertz CT molecular complexity index is 586. The van der Waals surface area contributed by atoms with Gasteiger partial charge >= 0.3 is 0 Å². The van der Waals surface area contributed by atoms with Gasteiger partial charge in [-0.15, -0.1) is 0 Å². The first kappa shape index (κ1) is 13.5. The third kappa shape index (κ3) is 3.12. The zero-order chi connectivity index (χ0) is 14.0. The van der Waals surface area contributed by atoms with Crippen LogP contribution in [0.25, 0.3) is 6.08 Å². The van der Waals surface area contributed by atoms with Crippen LogP contribution in [0.2, 0.25) is 0 Å². The van der Waals surface area contributed by atoms with Gasteiger partial charge in [0.25, 0.3) is 5.91 Å². The van der Waals surface area contributed by atoms with Crippen molar-refractivity contribution in [3.63, 3.8) is 0 Å². The molecule has 0 aromatic heterocycles. The molecule has 0 unspecified atom stereocenters. The summed E-state index contributed by atoms with van der Waals surface area (Å²) in [6.07, 6.45) is 3.20. The summed E-state index contributed by atoms with van der Waals surface area (Å²) in [5.74, 6) is -0.635. The van der Waals surface area contributed by atoms with Gasteiger partial charge in [0.05, 0.1) is 5.70 Å². The summed E-state index contributed by atoms with van der Waals surface area (Å²) in [5.41, 5.74) is 1.33. The fraction of sp³-hybridized carbons (Fsp3) is 0.143. The van der Waals surface area contributed by atoms with E-state index < -0.39 is 0 Å². The second-order valence-corrected chi connectivity index (χ2v) is 5.31. The molecule has 5 heteroatoms. The van der Waals surface area contributed by atoms with Crippen LogP contribution in [0.15, 0.2) is 46.2 Å². The Kier molecular flexibility index (Phi) is 3.85. The average Bonchev–Trinajstić information content (AvgIpc) is 2.60. The topological polar surface area (TPSA) is 49.4 Å². The van der Waals surface area contributed by atoms with Crippen molar-refractivity contribution in [2.24, 2.45) is 0 Å². The molecule has 1 aromatic carbocycles. The number of nitrogens with zero attached hydrogens (tertiary/aromatic N) is 1. The van der Waals surface area contributed by atoms with E-state index in [9.17, 15) is 9.59 Å². The molecule has 1 aliphatic rings. The number of Topliss-reactive ketones (excluding diaryl/α,β-unsaturated/α-hetero) is 1. The molecule has 2 rings (SSSR count). The minimum Gasteiger partial charge on any atom is -0.383 e. The maximum absolute atomic E-state index is 12.1. The van der Waals surface area contributed by atoms with Gasteiger partial charge in [0.1, 0.15) is 5.57 Å². The standard InChI is InChI=1S/C14H13BrN2O2/c1-17(2)8-11-13(18)12(16-14(11)19)7-9-3-5-10(15)6-4-9/h3-8H,1-2H3,(H,16,19)/b11-8+,12-7-. The number of carbonyl (C=O) groups is 2. The molecule has 0 spiro atoms. The smallest absolute Gasteiger partial charge is 0.261 e. The second kappa shape index (κ2) is 5.40. The van der Waals surface area contributed by atoms with Crippen molar-refractivity contribution in [3.05, 3.63) is 51.8 Å². The van der Waals surface area contributed by atoms with Crippen molar-refractivity contribution in [1.29, 1.82) is 0 Å². The molecule has 0 saturated carbocycles. The Labute approximate surface area is 119 Å². The summed E-state index contributed by atoms with van der Waals surface area (Å²) < 4.78 is 0.963. The van der Waals surface area contributed by atoms with E-state index in [1.165, 1.54) is 6.20 Å². The number of amides is 1. The molecule has 0 atom stereocenters. The van der Waals surface area contributed by atoms with Crippen molar-refractivity contribution < 1.29 is 9.59 Å². The minimum atomic E-state index is -0.359. The first-order valence-corrected chi connectivity index (χ1v) is 6.48. The Morgan fingerprint density at radius 2 is 1.79 bits per heavy atom. The van der Waals surface area contributed by atoms with Crippen molar-refractivity contribution >= 4 is 33.7 Å². The molecule has 0 aliphatic carbocycles. The van der Waals surface area contributed by atoms with E-state index in [1.54, 1.807) is 25.1 Å². The monoisotopic (exact) mass is 320 g/mol. The lowest BCUT2D eigenvalue weighted by molar-refractivity contribution is -0.117. The third-order valence-corrected chi connectivity index (χ3v) is 3.08. The average molecular weight is 321 g/mol. The van der Waals surface area contributed by atoms with Crippen molar-refractivity contribution in [3.8, 4) is 0 Å². The Morgan fingerprint density at radius 1 is 1.16 bits per heavy atom. The number of ketones is 1. The molecule has 4 nitrogen and oxygen atoms in total. The summed E-state index contributed by atoms with van der Waals surface area (Å²) in [6, 6.07) is 7.49.